The predicted octanol–water partition coefficient (Wildman–Crippen LogP) is 4.69. The number of carbonyl (C=O) groups excluding carboxylic acids is 1. The number of terminal acetylenes is 1. The van der Waals surface area contributed by atoms with Gasteiger partial charge in [-0.3, -0.25) is 0 Å². The van der Waals surface area contributed by atoms with Crippen molar-refractivity contribution in [1.82, 2.24) is 0 Å². The van der Waals surface area contributed by atoms with Gasteiger partial charge >= 0.3 is 5.97 Å². The molecule has 1 rings (SSSR count). The van der Waals surface area contributed by atoms with Crippen LogP contribution >= 0.6 is 23.2 Å². The fourth-order valence-electron chi connectivity index (χ4n) is 1.54. The van der Waals surface area contributed by atoms with Crippen LogP contribution in [0.3, 0.4) is 0 Å². The first-order valence-corrected chi connectivity index (χ1v) is 6.60. The number of carbonyl (C=O) groups is 1. The van der Waals surface area contributed by atoms with Crippen LogP contribution in [0, 0.1) is 12.3 Å². The molecule has 0 fully saturated rings. The lowest BCUT2D eigenvalue weighted by molar-refractivity contribution is 0.00697. The Bertz CT molecular complexity index is 536. The number of hydrogen-bond donors (Lipinski definition) is 0. The van der Waals surface area contributed by atoms with Crippen LogP contribution in [0.1, 0.15) is 49.5 Å². The third kappa shape index (κ3) is 3.89. The van der Waals surface area contributed by atoms with Gasteiger partial charge in [-0.25, -0.2) is 4.79 Å². The van der Waals surface area contributed by atoms with Crippen LogP contribution in [0.2, 0.25) is 10.0 Å². The Morgan fingerprint density at radius 2 is 1.95 bits per heavy atom. The first-order chi connectivity index (χ1) is 8.67. The fraction of sp³-hybridized carbons (Fsp3) is 0.400. The van der Waals surface area contributed by atoms with Crippen molar-refractivity contribution < 1.29 is 9.53 Å². The van der Waals surface area contributed by atoms with Gasteiger partial charge in [-0.2, -0.15) is 0 Å². The van der Waals surface area contributed by atoms with E-state index in [0.29, 0.717) is 10.6 Å². The van der Waals surface area contributed by atoms with E-state index in [1.165, 1.54) is 0 Å². The van der Waals surface area contributed by atoms with Crippen molar-refractivity contribution >= 4 is 29.2 Å². The van der Waals surface area contributed by atoms with Crippen LogP contribution in [-0.2, 0) is 4.74 Å². The van der Waals surface area contributed by atoms with E-state index in [1.807, 2.05) is 0 Å². The molecule has 0 aliphatic carbocycles. The van der Waals surface area contributed by atoms with Crippen molar-refractivity contribution in [2.24, 2.45) is 0 Å². The van der Waals surface area contributed by atoms with Gasteiger partial charge in [0.15, 0.2) is 0 Å². The molecule has 2 nitrogen and oxygen atoms in total. The molecule has 0 aliphatic rings. The Morgan fingerprint density at radius 1 is 1.37 bits per heavy atom. The van der Waals surface area contributed by atoms with E-state index < -0.39 is 11.6 Å². The predicted molar refractivity (Wildman–Crippen MR) is 78.9 cm³/mol. The molecule has 1 aromatic carbocycles. The van der Waals surface area contributed by atoms with Gasteiger partial charge < -0.3 is 4.74 Å². The zero-order valence-corrected chi connectivity index (χ0v) is 12.9. The molecule has 1 unspecified atom stereocenters. The van der Waals surface area contributed by atoms with Gasteiger partial charge in [0.25, 0.3) is 0 Å². The van der Waals surface area contributed by atoms with Crippen LogP contribution in [0.25, 0.3) is 0 Å². The van der Waals surface area contributed by atoms with E-state index in [2.05, 4.69) is 5.92 Å². The minimum absolute atomic E-state index is 0.257. The minimum Gasteiger partial charge on any atom is -0.456 e. The molecule has 0 saturated carbocycles. The Morgan fingerprint density at radius 3 is 2.42 bits per heavy atom. The molecule has 1 aromatic rings. The first-order valence-electron chi connectivity index (χ1n) is 5.84. The van der Waals surface area contributed by atoms with E-state index in [0.717, 1.165) is 0 Å². The summed E-state index contributed by atoms with van der Waals surface area (Å²) in [4.78, 5) is 12.1. The number of halogens is 2. The van der Waals surface area contributed by atoms with Gasteiger partial charge in [-0.05, 0) is 39.8 Å². The van der Waals surface area contributed by atoms with Gasteiger partial charge in [0.2, 0.25) is 0 Å². The van der Waals surface area contributed by atoms with E-state index in [4.69, 9.17) is 34.4 Å². The Labute approximate surface area is 124 Å². The number of esters is 1. The van der Waals surface area contributed by atoms with E-state index in [9.17, 15) is 4.79 Å². The second kappa shape index (κ2) is 5.86. The van der Waals surface area contributed by atoms with Crippen LogP contribution in [0.5, 0.6) is 0 Å². The zero-order chi connectivity index (χ0) is 14.8. The molecule has 0 aliphatic heterocycles. The van der Waals surface area contributed by atoms with E-state index in [-0.39, 0.29) is 16.5 Å². The lowest BCUT2D eigenvalue weighted by Crippen LogP contribution is -2.24. The maximum absolute atomic E-state index is 12.1. The summed E-state index contributed by atoms with van der Waals surface area (Å²) in [5.74, 6) is 1.79. The normalized spacial score (nSPS) is 12.7. The summed E-state index contributed by atoms with van der Waals surface area (Å²) in [7, 11) is 0. The summed E-state index contributed by atoms with van der Waals surface area (Å²) in [5, 5.41) is 0.704. The lowest BCUT2D eigenvalue weighted by Gasteiger charge is -2.21. The van der Waals surface area contributed by atoms with Crippen molar-refractivity contribution in [2.75, 3.05) is 0 Å². The Kier molecular flexibility index (Phi) is 4.90. The average molecular weight is 299 g/mol. The topological polar surface area (TPSA) is 26.3 Å². The highest BCUT2D eigenvalue weighted by Gasteiger charge is 2.23. The monoisotopic (exact) mass is 298 g/mol. The molecule has 0 bridgehead atoms. The highest BCUT2D eigenvalue weighted by molar-refractivity contribution is 6.38. The Hall–Kier alpha value is -1.17. The highest BCUT2D eigenvalue weighted by atomic mass is 35.5. The number of hydrogen-bond acceptors (Lipinski definition) is 2. The summed E-state index contributed by atoms with van der Waals surface area (Å²) in [5.41, 5.74) is 0.269. The van der Waals surface area contributed by atoms with E-state index in [1.54, 1.807) is 39.8 Å². The minimum atomic E-state index is -0.585. The van der Waals surface area contributed by atoms with Crippen molar-refractivity contribution in [2.45, 2.75) is 39.2 Å². The molecule has 4 heteroatoms. The summed E-state index contributed by atoms with van der Waals surface area (Å²) < 4.78 is 5.29. The van der Waals surface area contributed by atoms with Crippen molar-refractivity contribution in [3.63, 3.8) is 0 Å². The molecule has 0 aromatic heterocycles. The maximum atomic E-state index is 12.1. The quantitative estimate of drug-likeness (QED) is 0.585. The molecule has 19 heavy (non-hydrogen) atoms. The molecule has 0 saturated heterocycles. The van der Waals surface area contributed by atoms with Gasteiger partial charge in [-0.1, -0.05) is 29.1 Å². The van der Waals surface area contributed by atoms with Gasteiger partial charge in [0.1, 0.15) is 5.60 Å². The van der Waals surface area contributed by atoms with Crippen molar-refractivity contribution in [1.29, 1.82) is 0 Å². The molecule has 0 spiro atoms. The van der Waals surface area contributed by atoms with Crippen LogP contribution in [0.15, 0.2) is 12.1 Å². The Balaban J connectivity index is 3.26. The lowest BCUT2D eigenvalue weighted by atomic mass is 9.99. The molecule has 102 valence electrons. The van der Waals surface area contributed by atoms with Crippen LogP contribution in [-0.4, -0.2) is 11.6 Å². The summed E-state index contributed by atoms with van der Waals surface area (Å²) in [6.45, 7) is 7.17. The second-order valence-corrected chi connectivity index (χ2v) is 6.00. The maximum Gasteiger partial charge on any atom is 0.340 e. The summed E-state index contributed by atoms with van der Waals surface area (Å²) in [6, 6.07) is 3.15. The first kappa shape index (κ1) is 15.9. The van der Waals surface area contributed by atoms with Crippen LogP contribution in [0.4, 0.5) is 0 Å². The fourth-order valence-corrected chi connectivity index (χ4v) is 2.32. The second-order valence-electron chi connectivity index (χ2n) is 5.21. The number of benzene rings is 1. The average Bonchev–Trinajstić information content (AvgIpc) is 2.26. The van der Waals surface area contributed by atoms with Crippen molar-refractivity contribution in [3.05, 3.63) is 33.3 Å². The molecular weight excluding hydrogens is 283 g/mol. The third-order valence-electron chi connectivity index (χ3n) is 2.43. The SMILES string of the molecule is C#CC(C)c1c(Cl)ccc(C(=O)OC(C)(C)C)c1Cl. The number of ether oxygens (including phenoxy) is 1. The van der Waals surface area contributed by atoms with E-state index >= 15 is 0 Å². The van der Waals surface area contributed by atoms with Crippen molar-refractivity contribution in [3.8, 4) is 12.3 Å². The standard InChI is InChI=1S/C15H16Cl2O2/c1-6-9(2)12-11(16)8-7-10(13(12)17)14(18)19-15(3,4)5/h1,7-9H,2-5H3. The molecule has 0 heterocycles. The zero-order valence-electron chi connectivity index (χ0n) is 11.4. The van der Waals surface area contributed by atoms with Gasteiger partial charge in [0.05, 0.1) is 10.6 Å². The van der Waals surface area contributed by atoms with Gasteiger partial charge in [0, 0.05) is 16.5 Å². The molecule has 1 atom stereocenters. The molecule has 0 N–H and O–H groups in total. The smallest absolute Gasteiger partial charge is 0.340 e. The highest BCUT2D eigenvalue weighted by Crippen LogP contribution is 2.34. The largest absolute Gasteiger partial charge is 0.456 e. The third-order valence-corrected chi connectivity index (χ3v) is 3.17. The molecule has 0 radical (unpaired) electrons. The van der Waals surface area contributed by atoms with Gasteiger partial charge in [-0.15, -0.1) is 6.42 Å². The molecular formula is C15H16Cl2O2. The summed E-state index contributed by atoms with van der Waals surface area (Å²) >= 11 is 12.3. The molecule has 0 amide bonds. The summed E-state index contributed by atoms with van der Waals surface area (Å²) in [6.07, 6.45) is 5.39. The van der Waals surface area contributed by atoms with Crippen LogP contribution < -0.4 is 0 Å². The number of rotatable bonds is 2.